The number of phenolic OH excluding ortho intramolecular Hbond substituents is 1. The number of carbonyl (C=O) groups is 2. The molecule has 8 heteroatoms. The van der Waals surface area contributed by atoms with E-state index in [1.807, 2.05) is 12.1 Å². The number of esters is 1. The van der Waals surface area contributed by atoms with E-state index < -0.39 is 36.2 Å². The van der Waals surface area contributed by atoms with E-state index >= 15 is 0 Å². The molecule has 2 aromatic carbocycles. The van der Waals surface area contributed by atoms with E-state index in [4.69, 9.17) is 14.2 Å². The normalized spacial score (nSPS) is 25.2. The number of ketones is 1. The minimum atomic E-state index is -1.63. The number of ether oxygens (including phenoxy) is 3. The highest BCUT2D eigenvalue weighted by Crippen LogP contribution is 2.27. The maximum Gasteiger partial charge on any atom is 0.342 e. The summed E-state index contributed by atoms with van der Waals surface area (Å²) in [4.78, 5) is 25.4. The molecule has 1 heterocycles. The van der Waals surface area contributed by atoms with E-state index in [0.29, 0.717) is 16.9 Å². The number of aromatic hydroxyl groups is 1. The highest BCUT2D eigenvalue weighted by molar-refractivity contribution is 5.97. The van der Waals surface area contributed by atoms with Crippen LogP contribution >= 0.6 is 0 Å². The Labute approximate surface area is 204 Å². The lowest BCUT2D eigenvalue weighted by molar-refractivity contribution is -0.127. The summed E-state index contributed by atoms with van der Waals surface area (Å²) in [6, 6.07) is 10.3. The van der Waals surface area contributed by atoms with Crippen molar-refractivity contribution in [2.75, 3.05) is 7.11 Å². The van der Waals surface area contributed by atoms with Crippen molar-refractivity contribution < 1.29 is 39.1 Å². The number of fused-ring (bicyclic) bond motifs is 1. The van der Waals surface area contributed by atoms with E-state index in [1.54, 1.807) is 39.2 Å². The summed E-state index contributed by atoms with van der Waals surface area (Å²) in [6.07, 6.45) is 0.812. The lowest BCUT2D eigenvalue weighted by Crippen LogP contribution is -2.34. The van der Waals surface area contributed by atoms with Crippen molar-refractivity contribution in [2.45, 2.75) is 51.3 Å². The Morgan fingerprint density at radius 1 is 1.09 bits per heavy atom. The first-order valence-electron chi connectivity index (χ1n) is 11.2. The molecule has 0 radical (unpaired) electrons. The van der Waals surface area contributed by atoms with Crippen molar-refractivity contribution in [3.63, 3.8) is 0 Å². The molecule has 186 valence electrons. The zero-order chi connectivity index (χ0) is 25.5. The molecule has 1 unspecified atom stereocenters. The topological polar surface area (TPSA) is 123 Å². The van der Waals surface area contributed by atoms with Crippen molar-refractivity contribution in [1.29, 1.82) is 0 Å². The van der Waals surface area contributed by atoms with Crippen LogP contribution in [0.5, 0.6) is 11.5 Å². The van der Waals surface area contributed by atoms with Gasteiger partial charge in [-0.3, -0.25) is 4.79 Å². The molecular weight excluding hydrogens is 452 g/mol. The van der Waals surface area contributed by atoms with Crippen molar-refractivity contribution in [1.82, 2.24) is 0 Å². The summed E-state index contributed by atoms with van der Waals surface area (Å²) in [5.41, 5.74) is 1.89. The zero-order valence-electron chi connectivity index (χ0n) is 19.9. The molecule has 0 saturated heterocycles. The summed E-state index contributed by atoms with van der Waals surface area (Å²) < 4.78 is 16.7. The number of aryl methyl sites for hydroxylation is 1. The van der Waals surface area contributed by atoms with Gasteiger partial charge in [0, 0.05) is 0 Å². The number of hydrogen-bond acceptors (Lipinski definition) is 8. The van der Waals surface area contributed by atoms with Gasteiger partial charge < -0.3 is 29.5 Å². The molecule has 3 N–H and O–H groups in total. The van der Waals surface area contributed by atoms with Gasteiger partial charge in [0.25, 0.3) is 0 Å². The first-order chi connectivity index (χ1) is 16.7. The highest BCUT2D eigenvalue weighted by atomic mass is 16.6. The van der Waals surface area contributed by atoms with Crippen LogP contribution in [0, 0.1) is 6.92 Å². The van der Waals surface area contributed by atoms with E-state index in [1.165, 1.54) is 24.3 Å². The van der Waals surface area contributed by atoms with Gasteiger partial charge in [0.15, 0.2) is 5.78 Å². The van der Waals surface area contributed by atoms with Gasteiger partial charge in [0.1, 0.15) is 35.4 Å². The summed E-state index contributed by atoms with van der Waals surface area (Å²) in [5, 5.41) is 30.9. The Hall–Kier alpha value is -3.46. The Morgan fingerprint density at radius 2 is 1.80 bits per heavy atom. The summed E-state index contributed by atoms with van der Waals surface area (Å²) in [5.74, 6) is -1.01. The second-order valence-corrected chi connectivity index (χ2v) is 8.39. The van der Waals surface area contributed by atoms with Crippen molar-refractivity contribution in [2.24, 2.45) is 0 Å². The summed E-state index contributed by atoms with van der Waals surface area (Å²) >= 11 is 0. The highest BCUT2D eigenvalue weighted by Gasteiger charge is 2.27. The second kappa shape index (κ2) is 11.8. The minimum Gasteiger partial charge on any atom is -0.507 e. The van der Waals surface area contributed by atoms with Crippen LogP contribution in [0.15, 0.2) is 54.6 Å². The molecule has 0 fully saturated rings. The van der Waals surface area contributed by atoms with Crippen LogP contribution in [0.2, 0.25) is 0 Å². The van der Waals surface area contributed by atoms with E-state index in [-0.39, 0.29) is 24.3 Å². The average Bonchev–Trinajstić information content (AvgIpc) is 2.82. The summed E-state index contributed by atoms with van der Waals surface area (Å²) in [7, 11) is 1.57. The molecule has 1 aliphatic rings. The SMILES string of the molecule is COc1ccc(CO[C@@H]2/C=C\C(=O)[C@@H](O)[C@@H](O)C/C=C/c3cc(C)cc(O)c3C(=O)OC2C)cc1. The van der Waals surface area contributed by atoms with Crippen LogP contribution in [0.1, 0.15) is 40.4 Å². The first kappa shape index (κ1) is 26.2. The third-order valence-electron chi connectivity index (χ3n) is 5.63. The van der Waals surface area contributed by atoms with Gasteiger partial charge in [-0.15, -0.1) is 0 Å². The predicted molar refractivity (Wildman–Crippen MR) is 129 cm³/mol. The molecule has 0 bridgehead atoms. The quantitative estimate of drug-likeness (QED) is 0.568. The summed E-state index contributed by atoms with van der Waals surface area (Å²) in [6.45, 7) is 3.51. The van der Waals surface area contributed by atoms with Crippen LogP contribution in [0.4, 0.5) is 0 Å². The number of phenols is 1. The molecule has 0 aromatic heterocycles. The zero-order valence-corrected chi connectivity index (χ0v) is 19.9. The second-order valence-electron chi connectivity index (χ2n) is 8.39. The van der Waals surface area contributed by atoms with E-state index in [2.05, 4.69) is 0 Å². The number of aliphatic hydroxyl groups is 2. The Morgan fingerprint density at radius 3 is 2.49 bits per heavy atom. The fourth-order valence-electron chi connectivity index (χ4n) is 3.65. The smallest absolute Gasteiger partial charge is 0.342 e. The van der Waals surface area contributed by atoms with Gasteiger partial charge in [0.05, 0.1) is 19.8 Å². The molecule has 1 aliphatic heterocycles. The van der Waals surface area contributed by atoms with Crippen molar-refractivity contribution in [3.05, 3.63) is 76.9 Å². The van der Waals surface area contributed by atoms with E-state index in [0.717, 1.165) is 11.6 Å². The lowest BCUT2D eigenvalue weighted by atomic mass is 10.00. The molecular formula is C27H30O8. The molecule has 8 nitrogen and oxygen atoms in total. The van der Waals surface area contributed by atoms with Crippen molar-refractivity contribution in [3.8, 4) is 11.5 Å². The average molecular weight is 483 g/mol. The number of rotatable bonds is 4. The number of cyclic esters (lactones) is 1. The maximum atomic E-state index is 13.0. The van der Waals surface area contributed by atoms with Crippen LogP contribution in [0.3, 0.4) is 0 Å². The molecule has 3 rings (SSSR count). The van der Waals surface area contributed by atoms with Gasteiger partial charge >= 0.3 is 5.97 Å². The van der Waals surface area contributed by atoms with Crippen LogP contribution in [0.25, 0.3) is 6.08 Å². The van der Waals surface area contributed by atoms with Gasteiger partial charge in [0.2, 0.25) is 0 Å². The fraction of sp³-hybridized carbons (Fsp3) is 0.333. The molecule has 35 heavy (non-hydrogen) atoms. The van der Waals surface area contributed by atoms with Gasteiger partial charge in [-0.2, -0.15) is 0 Å². The third-order valence-corrected chi connectivity index (χ3v) is 5.63. The predicted octanol–water partition coefficient (Wildman–Crippen LogP) is 3.10. The van der Waals surface area contributed by atoms with Crippen LogP contribution in [-0.4, -0.2) is 58.6 Å². The number of carbonyl (C=O) groups excluding carboxylic acids is 2. The number of methoxy groups -OCH3 is 1. The molecule has 0 spiro atoms. The molecule has 4 atom stereocenters. The number of benzene rings is 2. The van der Waals surface area contributed by atoms with Crippen LogP contribution in [-0.2, 0) is 20.9 Å². The Kier molecular flexibility index (Phi) is 8.81. The molecule has 0 amide bonds. The fourth-order valence-corrected chi connectivity index (χ4v) is 3.65. The van der Waals surface area contributed by atoms with Gasteiger partial charge in [-0.1, -0.05) is 30.4 Å². The molecule has 0 aliphatic carbocycles. The Balaban J connectivity index is 1.92. The third kappa shape index (κ3) is 6.79. The molecule has 2 aromatic rings. The monoisotopic (exact) mass is 482 g/mol. The molecule has 0 saturated carbocycles. The van der Waals surface area contributed by atoms with Crippen molar-refractivity contribution >= 4 is 17.8 Å². The first-order valence-corrected chi connectivity index (χ1v) is 11.2. The number of hydrogen-bond donors (Lipinski definition) is 3. The van der Waals surface area contributed by atoms with Gasteiger partial charge in [-0.25, -0.2) is 4.79 Å². The number of aliphatic hydroxyl groups excluding tert-OH is 2. The lowest BCUT2D eigenvalue weighted by Gasteiger charge is -2.23. The maximum absolute atomic E-state index is 13.0. The Bertz CT molecular complexity index is 1100. The van der Waals surface area contributed by atoms with Gasteiger partial charge in [-0.05, 0) is 67.3 Å². The minimum absolute atomic E-state index is 0.0280. The van der Waals surface area contributed by atoms with Crippen LogP contribution < -0.4 is 4.74 Å². The van der Waals surface area contributed by atoms with E-state index in [9.17, 15) is 24.9 Å². The standard InChI is InChI=1S/C27H30O8/c1-16-13-19-5-4-6-21(28)26(31)22(29)11-12-24(17(2)35-27(32)25(19)23(30)14-16)34-15-18-7-9-20(33-3)10-8-18/h4-5,7-14,17,21,24,26,28,30-31H,6,15H2,1-3H3/b5-4+,12-11-/t17?,21-,24+,26-/m0/s1. The largest absolute Gasteiger partial charge is 0.507 e.